The van der Waals surface area contributed by atoms with E-state index < -0.39 is 0 Å². The van der Waals surface area contributed by atoms with Gasteiger partial charge in [0.05, 0.1) is 18.7 Å². The van der Waals surface area contributed by atoms with E-state index in [1.54, 1.807) is 14.2 Å². The Morgan fingerprint density at radius 3 is 1.54 bits per heavy atom. The third-order valence-corrected chi connectivity index (χ3v) is 5.68. The summed E-state index contributed by atoms with van der Waals surface area (Å²) >= 11 is 3.78. The number of hydrogen-bond donors (Lipinski definition) is 0. The largest absolute Gasteiger partial charge is 0.496 e. The van der Waals surface area contributed by atoms with E-state index in [1.807, 2.05) is 12.1 Å². The molecular weight excluding hydrogens is 388 g/mol. The molecule has 0 aliphatic heterocycles. The van der Waals surface area contributed by atoms with Crippen molar-refractivity contribution in [1.29, 1.82) is 0 Å². The Balaban J connectivity index is 2.97. The van der Waals surface area contributed by atoms with Crippen LogP contribution in [0, 0.1) is 0 Å². The van der Waals surface area contributed by atoms with Crippen molar-refractivity contribution in [3.63, 3.8) is 0 Å². The lowest BCUT2D eigenvalue weighted by Gasteiger charge is -2.25. The standard InChI is InChI=1S/C23H31BrO2/c1-13(2)16-11-17(14(3)4)21(18(12-16)15(5)6)22-19(25-7)9-10-20(26-8)23(22)24/h9-15H,1-8H3. The number of methoxy groups -OCH3 is 2. The molecule has 0 aromatic heterocycles. The maximum absolute atomic E-state index is 5.74. The lowest BCUT2D eigenvalue weighted by Crippen LogP contribution is -2.05. The summed E-state index contributed by atoms with van der Waals surface area (Å²) in [4.78, 5) is 0. The van der Waals surface area contributed by atoms with E-state index in [2.05, 4.69) is 69.6 Å². The van der Waals surface area contributed by atoms with Gasteiger partial charge in [-0.15, -0.1) is 0 Å². The Labute approximate surface area is 167 Å². The molecule has 142 valence electrons. The maximum atomic E-state index is 5.74. The van der Waals surface area contributed by atoms with Gasteiger partial charge in [0, 0.05) is 5.56 Å². The minimum Gasteiger partial charge on any atom is -0.496 e. The number of hydrogen-bond acceptors (Lipinski definition) is 2. The van der Waals surface area contributed by atoms with Crippen LogP contribution in [0.25, 0.3) is 11.1 Å². The number of rotatable bonds is 6. The van der Waals surface area contributed by atoms with Crippen LogP contribution >= 0.6 is 15.9 Å². The highest BCUT2D eigenvalue weighted by atomic mass is 79.9. The van der Waals surface area contributed by atoms with E-state index in [0.717, 1.165) is 21.5 Å². The van der Waals surface area contributed by atoms with Crippen molar-refractivity contribution in [3.05, 3.63) is 45.4 Å². The average molecular weight is 419 g/mol. The lowest BCUT2D eigenvalue weighted by molar-refractivity contribution is 0.402. The monoisotopic (exact) mass is 418 g/mol. The Bertz CT molecular complexity index is 747. The first-order valence-corrected chi connectivity index (χ1v) is 10.1. The van der Waals surface area contributed by atoms with Gasteiger partial charge in [0.15, 0.2) is 0 Å². The second kappa shape index (κ2) is 8.47. The van der Waals surface area contributed by atoms with Crippen molar-refractivity contribution >= 4 is 15.9 Å². The van der Waals surface area contributed by atoms with Crippen molar-refractivity contribution in [1.82, 2.24) is 0 Å². The number of benzene rings is 2. The van der Waals surface area contributed by atoms with Crippen LogP contribution in [-0.4, -0.2) is 14.2 Å². The molecule has 2 rings (SSSR count). The molecule has 0 atom stereocenters. The Morgan fingerprint density at radius 2 is 1.15 bits per heavy atom. The number of halogens is 1. The molecule has 0 saturated heterocycles. The van der Waals surface area contributed by atoms with Crippen LogP contribution in [0.15, 0.2) is 28.7 Å². The van der Waals surface area contributed by atoms with E-state index in [0.29, 0.717) is 17.8 Å². The molecule has 2 aromatic rings. The second-order valence-corrected chi connectivity index (χ2v) is 8.49. The van der Waals surface area contributed by atoms with E-state index in [9.17, 15) is 0 Å². The zero-order valence-electron chi connectivity index (χ0n) is 17.2. The molecule has 0 unspecified atom stereocenters. The Morgan fingerprint density at radius 1 is 0.692 bits per heavy atom. The summed E-state index contributed by atoms with van der Waals surface area (Å²) in [5.41, 5.74) is 6.44. The summed E-state index contributed by atoms with van der Waals surface area (Å²) in [5, 5.41) is 0. The van der Waals surface area contributed by atoms with Gasteiger partial charge < -0.3 is 9.47 Å². The van der Waals surface area contributed by atoms with Gasteiger partial charge in [-0.05, 0) is 68.1 Å². The molecule has 2 aromatic carbocycles. The van der Waals surface area contributed by atoms with Crippen LogP contribution in [0.3, 0.4) is 0 Å². The van der Waals surface area contributed by atoms with Crippen LogP contribution < -0.4 is 9.47 Å². The van der Waals surface area contributed by atoms with E-state index in [4.69, 9.17) is 9.47 Å². The van der Waals surface area contributed by atoms with Crippen LogP contribution in [0.5, 0.6) is 11.5 Å². The normalized spacial score (nSPS) is 11.5. The summed E-state index contributed by atoms with van der Waals surface area (Å²) < 4.78 is 12.3. The zero-order chi connectivity index (χ0) is 19.6. The first kappa shape index (κ1) is 20.8. The fourth-order valence-corrected chi connectivity index (χ4v) is 4.03. The van der Waals surface area contributed by atoms with Gasteiger partial charge in [-0.1, -0.05) is 53.7 Å². The molecule has 0 fully saturated rings. The van der Waals surface area contributed by atoms with Gasteiger partial charge in [-0.3, -0.25) is 0 Å². The molecule has 0 saturated carbocycles. The molecule has 0 radical (unpaired) electrons. The first-order chi connectivity index (χ1) is 12.2. The minimum atomic E-state index is 0.406. The summed E-state index contributed by atoms with van der Waals surface area (Å²) in [6.07, 6.45) is 0. The third-order valence-electron chi connectivity index (χ3n) is 4.89. The van der Waals surface area contributed by atoms with Gasteiger partial charge in [-0.25, -0.2) is 0 Å². The highest BCUT2D eigenvalue weighted by Crippen LogP contribution is 2.48. The van der Waals surface area contributed by atoms with Crippen LogP contribution in [0.1, 0.15) is 76.0 Å². The van der Waals surface area contributed by atoms with Crippen LogP contribution in [0.4, 0.5) is 0 Å². The molecule has 0 aliphatic rings. The molecule has 0 spiro atoms. The Kier molecular flexibility index (Phi) is 6.79. The molecule has 0 heterocycles. The maximum Gasteiger partial charge on any atom is 0.133 e. The molecule has 0 N–H and O–H groups in total. The Hall–Kier alpha value is -1.48. The van der Waals surface area contributed by atoms with E-state index in [-0.39, 0.29) is 0 Å². The predicted octanol–water partition coefficient (Wildman–Crippen LogP) is 7.50. The highest BCUT2D eigenvalue weighted by molar-refractivity contribution is 9.10. The highest BCUT2D eigenvalue weighted by Gasteiger charge is 2.24. The quantitative estimate of drug-likeness (QED) is 0.483. The third kappa shape index (κ3) is 3.93. The summed E-state index contributed by atoms with van der Waals surface area (Å²) in [6, 6.07) is 8.66. The zero-order valence-corrected chi connectivity index (χ0v) is 18.8. The van der Waals surface area contributed by atoms with Gasteiger partial charge >= 0.3 is 0 Å². The van der Waals surface area contributed by atoms with Gasteiger partial charge in [-0.2, -0.15) is 0 Å². The van der Waals surface area contributed by atoms with Crippen LogP contribution in [0.2, 0.25) is 0 Å². The molecule has 3 heteroatoms. The summed E-state index contributed by atoms with van der Waals surface area (Å²) in [6.45, 7) is 13.5. The summed E-state index contributed by atoms with van der Waals surface area (Å²) in [7, 11) is 3.43. The predicted molar refractivity (Wildman–Crippen MR) is 115 cm³/mol. The molecule has 0 bridgehead atoms. The molecule has 0 amide bonds. The molecule has 0 aliphatic carbocycles. The fourth-order valence-electron chi connectivity index (χ4n) is 3.34. The molecule has 26 heavy (non-hydrogen) atoms. The van der Waals surface area contributed by atoms with Crippen molar-refractivity contribution in [2.45, 2.75) is 59.3 Å². The minimum absolute atomic E-state index is 0.406. The summed E-state index contributed by atoms with van der Waals surface area (Å²) in [5.74, 6) is 2.99. The number of ether oxygens (including phenoxy) is 2. The van der Waals surface area contributed by atoms with Gasteiger partial charge in [0.1, 0.15) is 11.5 Å². The van der Waals surface area contributed by atoms with Crippen LogP contribution in [-0.2, 0) is 0 Å². The van der Waals surface area contributed by atoms with E-state index in [1.165, 1.54) is 22.3 Å². The molecule has 2 nitrogen and oxygen atoms in total. The lowest BCUT2D eigenvalue weighted by atomic mass is 9.81. The molecular formula is C23H31BrO2. The van der Waals surface area contributed by atoms with Crippen molar-refractivity contribution in [2.75, 3.05) is 14.2 Å². The second-order valence-electron chi connectivity index (χ2n) is 7.70. The SMILES string of the molecule is COc1ccc(OC)c(-c2c(C(C)C)cc(C(C)C)cc2C(C)C)c1Br. The topological polar surface area (TPSA) is 18.5 Å². The van der Waals surface area contributed by atoms with Crippen molar-refractivity contribution in [2.24, 2.45) is 0 Å². The smallest absolute Gasteiger partial charge is 0.133 e. The van der Waals surface area contributed by atoms with E-state index >= 15 is 0 Å². The average Bonchev–Trinajstić information content (AvgIpc) is 2.60. The first-order valence-electron chi connectivity index (χ1n) is 9.31. The van der Waals surface area contributed by atoms with Crippen molar-refractivity contribution in [3.8, 4) is 22.6 Å². The fraction of sp³-hybridized carbons (Fsp3) is 0.478. The van der Waals surface area contributed by atoms with Gasteiger partial charge in [0.25, 0.3) is 0 Å². The van der Waals surface area contributed by atoms with Gasteiger partial charge in [0.2, 0.25) is 0 Å². The van der Waals surface area contributed by atoms with Crippen molar-refractivity contribution < 1.29 is 9.47 Å².